The van der Waals surface area contributed by atoms with Gasteiger partial charge in [0.05, 0.1) is 6.10 Å². The summed E-state index contributed by atoms with van der Waals surface area (Å²) in [5, 5.41) is 0. The van der Waals surface area contributed by atoms with Crippen LogP contribution >= 0.6 is 11.8 Å². The van der Waals surface area contributed by atoms with E-state index in [1.165, 1.54) is 42.0 Å². The highest BCUT2D eigenvalue weighted by molar-refractivity contribution is 7.99. The molecule has 3 rings (SSSR count). The molecule has 1 saturated heterocycles. The molecule has 0 saturated carbocycles. The van der Waals surface area contributed by atoms with E-state index in [9.17, 15) is 0 Å². The Morgan fingerprint density at radius 2 is 2.25 bits per heavy atom. The van der Waals surface area contributed by atoms with E-state index in [-0.39, 0.29) is 6.10 Å². The van der Waals surface area contributed by atoms with E-state index >= 15 is 0 Å². The Balaban J connectivity index is 1.74. The van der Waals surface area contributed by atoms with E-state index in [0.717, 1.165) is 11.8 Å². The van der Waals surface area contributed by atoms with Gasteiger partial charge >= 0.3 is 0 Å². The predicted octanol–water partition coefficient (Wildman–Crippen LogP) is 4.15. The van der Waals surface area contributed by atoms with Crippen molar-refractivity contribution in [2.24, 2.45) is 0 Å². The Morgan fingerprint density at radius 3 is 2.95 bits per heavy atom. The minimum Gasteiger partial charge on any atom is -0.491 e. The lowest BCUT2D eigenvalue weighted by Crippen LogP contribution is -2.26. The predicted molar refractivity (Wildman–Crippen MR) is 85.9 cm³/mol. The van der Waals surface area contributed by atoms with Crippen molar-refractivity contribution < 1.29 is 4.74 Å². The number of benzene rings is 1. The summed E-state index contributed by atoms with van der Waals surface area (Å²) in [7, 11) is 2.28. The summed E-state index contributed by atoms with van der Waals surface area (Å²) in [6.07, 6.45) is 4.29. The van der Waals surface area contributed by atoms with Gasteiger partial charge in [-0.25, -0.2) is 0 Å². The van der Waals surface area contributed by atoms with E-state index in [0.29, 0.717) is 5.92 Å². The number of thioether (sulfide) groups is 1. The van der Waals surface area contributed by atoms with Crippen LogP contribution in [0, 0.1) is 0 Å². The van der Waals surface area contributed by atoms with Gasteiger partial charge in [-0.1, -0.05) is 0 Å². The molecular weight excluding hydrogens is 266 g/mol. The SMILES string of the molecule is CC(C)Oc1ccc2c(c1)C(C[C@H]1CCCN1C)CS2. The second-order valence-electron chi connectivity index (χ2n) is 6.39. The van der Waals surface area contributed by atoms with Crippen LogP contribution in [0.2, 0.25) is 0 Å². The van der Waals surface area contributed by atoms with Crippen molar-refractivity contribution in [1.29, 1.82) is 0 Å². The van der Waals surface area contributed by atoms with Crippen molar-refractivity contribution in [2.75, 3.05) is 19.3 Å². The third-order valence-electron chi connectivity index (χ3n) is 4.46. The number of rotatable bonds is 4. The second-order valence-corrected chi connectivity index (χ2v) is 7.45. The number of hydrogen-bond donors (Lipinski definition) is 0. The number of hydrogen-bond acceptors (Lipinski definition) is 3. The lowest BCUT2D eigenvalue weighted by atomic mass is 9.93. The molecule has 0 spiro atoms. The molecule has 0 amide bonds. The quantitative estimate of drug-likeness (QED) is 0.827. The maximum atomic E-state index is 5.86. The molecule has 1 unspecified atom stereocenters. The van der Waals surface area contributed by atoms with Crippen LogP contribution < -0.4 is 4.74 Å². The number of likely N-dealkylation sites (tertiary alicyclic amines) is 1. The van der Waals surface area contributed by atoms with Crippen LogP contribution in [0.15, 0.2) is 23.1 Å². The van der Waals surface area contributed by atoms with Crippen molar-refractivity contribution in [3.63, 3.8) is 0 Å². The largest absolute Gasteiger partial charge is 0.491 e. The van der Waals surface area contributed by atoms with E-state index in [1.807, 2.05) is 11.8 Å². The third-order valence-corrected chi connectivity index (χ3v) is 5.71. The minimum atomic E-state index is 0.251. The van der Waals surface area contributed by atoms with Crippen molar-refractivity contribution in [3.8, 4) is 5.75 Å². The molecule has 2 nitrogen and oxygen atoms in total. The summed E-state index contributed by atoms with van der Waals surface area (Å²) in [5.41, 5.74) is 1.52. The zero-order valence-corrected chi connectivity index (χ0v) is 13.6. The fourth-order valence-corrected chi connectivity index (χ4v) is 4.66. The van der Waals surface area contributed by atoms with Crippen LogP contribution in [0.5, 0.6) is 5.75 Å². The Hall–Kier alpha value is -0.670. The van der Waals surface area contributed by atoms with Gasteiger partial charge in [-0.3, -0.25) is 0 Å². The van der Waals surface area contributed by atoms with Gasteiger partial charge in [-0.15, -0.1) is 11.8 Å². The average molecular weight is 291 g/mol. The minimum absolute atomic E-state index is 0.251. The highest BCUT2D eigenvalue weighted by atomic mass is 32.2. The smallest absolute Gasteiger partial charge is 0.120 e. The molecule has 0 bridgehead atoms. The average Bonchev–Trinajstić information content (AvgIpc) is 2.97. The topological polar surface area (TPSA) is 12.5 Å². The highest BCUT2D eigenvalue weighted by Crippen LogP contribution is 2.44. The standard InChI is InChI=1S/C17H25NOS/c1-12(2)19-15-6-7-17-16(10-15)13(11-20-17)9-14-5-4-8-18(14)3/h6-7,10,12-14H,4-5,8-9,11H2,1-3H3/t13?,14-/m1/s1. The van der Waals surface area contributed by atoms with Gasteiger partial charge in [0.15, 0.2) is 0 Å². The maximum absolute atomic E-state index is 5.86. The Kier molecular flexibility index (Phi) is 4.27. The lowest BCUT2D eigenvalue weighted by molar-refractivity contribution is 0.241. The molecule has 0 radical (unpaired) electrons. The molecule has 1 fully saturated rings. The summed E-state index contributed by atoms with van der Waals surface area (Å²) in [6.45, 7) is 5.45. The zero-order chi connectivity index (χ0) is 14.1. The van der Waals surface area contributed by atoms with Crippen LogP contribution in [0.25, 0.3) is 0 Å². The molecule has 110 valence electrons. The highest BCUT2D eigenvalue weighted by Gasteiger charge is 2.30. The van der Waals surface area contributed by atoms with Crippen LogP contribution in [0.1, 0.15) is 44.6 Å². The summed E-state index contributed by atoms with van der Waals surface area (Å²) >= 11 is 2.01. The molecule has 2 heterocycles. The fourth-order valence-electron chi connectivity index (χ4n) is 3.40. The van der Waals surface area contributed by atoms with E-state index < -0.39 is 0 Å². The number of fused-ring (bicyclic) bond motifs is 1. The number of ether oxygens (including phenoxy) is 1. The Bertz CT molecular complexity index is 474. The van der Waals surface area contributed by atoms with Crippen molar-refractivity contribution in [3.05, 3.63) is 23.8 Å². The van der Waals surface area contributed by atoms with E-state index in [1.54, 1.807) is 0 Å². The molecule has 2 aliphatic heterocycles. The van der Waals surface area contributed by atoms with Crippen LogP contribution in [-0.4, -0.2) is 36.4 Å². The maximum Gasteiger partial charge on any atom is 0.120 e. The summed E-state index contributed by atoms with van der Waals surface area (Å²) in [6, 6.07) is 7.43. The monoisotopic (exact) mass is 291 g/mol. The molecular formula is C17H25NOS. The normalized spacial score (nSPS) is 26.2. The van der Waals surface area contributed by atoms with Gasteiger partial charge in [-0.05, 0) is 76.4 Å². The van der Waals surface area contributed by atoms with Gasteiger partial charge in [0.25, 0.3) is 0 Å². The van der Waals surface area contributed by atoms with Crippen LogP contribution in [0.4, 0.5) is 0 Å². The molecule has 2 atom stereocenters. The van der Waals surface area contributed by atoms with Crippen LogP contribution in [0.3, 0.4) is 0 Å². The first-order valence-corrected chi connectivity index (χ1v) is 8.75. The second kappa shape index (κ2) is 5.98. The van der Waals surface area contributed by atoms with Crippen molar-refractivity contribution in [2.45, 2.75) is 56.1 Å². The van der Waals surface area contributed by atoms with Gasteiger partial charge in [-0.2, -0.15) is 0 Å². The van der Waals surface area contributed by atoms with E-state index in [4.69, 9.17) is 4.74 Å². The lowest BCUT2D eigenvalue weighted by Gasteiger charge is -2.23. The van der Waals surface area contributed by atoms with Gasteiger partial charge in [0.1, 0.15) is 5.75 Å². The third kappa shape index (κ3) is 2.99. The summed E-state index contributed by atoms with van der Waals surface area (Å²) in [5.74, 6) is 2.98. The molecule has 1 aromatic carbocycles. The van der Waals surface area contributed by atoms with Crippen molar-refractivity contribution in [1.82, 2.24) is 4.90 Å². The molecule has 0 N–H and O–H groups in total. The first-order chi connectivity index (χ1) is 9.63. The fraction of sp³-hybridized carbons (Fsp3) is 0.647. The first-order valence-electron chi connectivity index (χ1n) is 7.77. The molecule has 1 aromatic rings. The summed E-state index contributed by atoms with van der Waals surface area (Å²) in [4.78, 5) is 4.00. The Morgan fingerprint density at radius 1 is 1.40 bits per heavy atom. The molecule has 2 aliphatic rings. The molecule has 3 heteroatoms. The van der Waals surface area contributed by atoms with Gasteiger partial charge in [0, 0.05) is 16.7 Å². The summed E-state index contributed by atoms with van der Waals surface area (Å²) < 4.78 is 5.86. The number of nitrogens with zero attached hydrogens (tertiary/aromatic N) is 1. The van der Waals surface area contributed by atoms with Gasteiger partial charge in [0.2, 0.25) is 0 Å². The molecule has 20 heavy (non-hydrogen) atoms. The van der Waals surface area contributed by atoms with Gasteiger partial charge < -0.3 is 9.64 Å². The molecule has 0 aliphatic carbocycles. The van der Waals surface area contributed by atoms with Crippen molar-refractivity contribution >= 4 is 11.8 Å². The van der Waals surface area contributed by atoms with E-state index in [2.05, 4.69) is 44.0 Å². The zero-order valence-electron chi connectivity index (χ0n) is 12.8. The Labute approximate surface area is 126 Å². The van der Waals surface area contributed by atoms with Crippen LogP contribution in [-0.2, 0) is 0 Å². The first kappa shape index (κ1) is 14.3. The molecule has 0 aromatic heterocycles.